The van der Waals surface area contributed by atoms with E-state index in [1.807, 2.05) is 0 Å². The summed E-state index contributed by atoms with van der Waals surface area (Å²) in [7, 11) is 0. The Morgan fingerprint density at radius 2 is 1.94 bits per heavy atom. The van der Waals surface area contributed by atoms with Crippen LogP contribution in [0, 0.1) is 0 Å². The van der Waals surface area contributed by atoms with Crippen molar-refractivity contribution < 1.29 is 4.74 Å². The number of rotatable bonds is 4. The lowest BCUT2D eigenvalue weighted by Crippen LogP contribution is -2.62. The van der Waals surface area contributed by atoms with Gasteiger partial charge in [-0.2, -0.15) is 0 Å². The van der Waals surface area contributed by atoms with Crippen LogP contribution in [0.15, 0.2) is 0 Å². The molecule has 1 aliphatic carbocycles. The molecule has 0 unspecified atom stereocenters. The Morgan fingerprint density at radius 3 is 2.61 bits per heavy atom. The maximum atomic E-state index is 5.85. The zero-order chi connectivity index (χ0) is 13.1. The van der Waals surface area contributed by atoms with Crippen molar-refractivity contribution in [2.75, 3.05) is 32.8 Å². The molecule has 0 amide bonds. The fourth-order valence-corrected chi connectivity index (χ4v) is 3.72. The number of ether oxygens (including phenoxy) is 1. The highest BCUT2D eigenvalue weighted by Crippen LogP contribution is 2.31. The van der Waals surface area contributed by atoms with Crippen molar-refractivity contribution >= 4 is 0 Å². The molecule has 1 heterocycles. The van der Waals surface area contributed by atoms with Crippen LogP contribution >= 0.6 is 0 Å². The molecule has 2 fully saturated rings. The Labute approximate surface area is 112 Å². The molecular formula is C15H30N2O. The molecule has 1 aliphatic heterocycles. The number of hydrogen-bond acceptors (Lipinski definition) is 3. The van der Waals surface area contributed by atoms with E-state index in [-0.39, 0.29) is 5.60 Å². The summed E-state index contributed by atoms with van der Waals surface area (Å²) < 4.78 is 5.85. The van der Waals surface area contributed by atoms with Crippen LogP contribution in [0.4, 0.5) is 0 Å². The van der Waals surface area contributed by atoms with Gasteiger partial charge in [0.05, 0.1) is 5.60 Å². The van der Waals surface area contributed by atoms with Crippen LogP contribution in [0.3, 0.4) is 0 Å². The molecule has 1 spiro atoms. The van der Waals surface area contributed by atoms with E-state index in [1.54, 1.807) is 0 Å². The van der Waals surface area contributed by atoms with Crippen molar-refractivity contribution in [1.82, 2.24) is 10.2 Å². The fraction of sp³-hybridized carbons (Fsp3) is 1.00. The van der Waals surface area contributed by atoms with Gasteiger partial charge in [0.15, 0.2) is 0 Å². The normalized spacial score (nSPS) is 25.5. The van der Waals surface area contributed by atoms with E-state index >= 15 is 0 Å². The highest BCUT2D eigenvalue weighted by molar-refractivity contribution is 4.97. The number of nitrogens with zero attached hydrogens (tertiary/aromatic N) is 1. The van der Waals surface area contributed by atoms with E-state index < -0.39 is 0 Å². The zero-order valence-corrected chi connectivity index (χ0v) is 12.4. The van der Waals surface area contributed by atoms with Crippen LogP contribution in [0.5, 0.6) is 0 Å². The second kappa shape index (κ2) is 5.89. The van der Waals surface area contributed by atoms with Gasteiger partial charge in [-0.05, 0) is 33.6 Å². The number of hydrogen-bond donors (Lipinski definition) is 1. The summed E-state index contributed by atoms with van der Waals surface area (Å²) in [5.41, 5.74) is 0.404. The van der Waals surface area contributed by atoms with Crippen molar-refractivity contribution in [3.63, 3.8) is 0 Å². The van der Waals surface area contributed by atoms with Gasteiger partial charge in [0, 0.05) is 38.3 Å². The molecule has 2 aliphatic rings. The molecule has 0 radical (unpaired) electrons. The van der Waals surface area contributed by atoms with Gasteiger partial charge in [0.25, 0.3) is 0 Å². The first-order valence-corrected chi connectivity index (χ1v) is 7.67. The molecule has 1 saturated heterocycles. The third kappa shape index (κ3) is 3.69. The molecule has 3 nitrogen and oxygen atoms in total. The molecule has 0 bridgehead atoms. The van der Waals surface area contributed by atoms with Crippen molar-refractivity contribution in [3.05, 3.63) is 0 Å². The third-order valence-electron chi connectivity index (χ3n) is 4.40. The predicted octanol–water partition coefficient (Wildman–Crippen LogP) is 2.41. The Bertz CT molecular complexity index is 254. The minimum Gasteiger partial charge on any atom is -0.375 e. The smallest absolute Gasteiger partial charge is 0.0752 e. The molecule has 0 aromatic heterocycles. The summed E-state index contributed by atoms with van der Waals surface area (Å²) in [4.78, 5) is 2.61. The average Bonchev–Trinajstić information content (AvgIpc) is 2.29. The standard InChI is InChI=1S/C15H30N2O/c1-4-18-14(2,3)12-17-11-10-16-15(13-17)8-6-5-7-9-15/h16H,4-13H2,1-3H3. The third-order valence-corrected chi connectivity index (χ3v) is 4.40. The van der Waals surface area contributed by atoms with E-state index in [4.69, 9.17) is 4.74 Å². The van der Waals surface area contributed by atoms with Gasteiger partial charge in [-0.1, -0.05) is 19.3 Å². The van der Waals surface area contributed by atoms with Crippen LogP contribution in [0.25, 0.3) is 0 Å². The summed E-state index contributed by atoms with van der Waals surface area (Å²) in [5.74, 6) is 0. The summed E-state index contributed by atoms with van der Waals surface area (Å²) in [6, 6.07) is 0. The van der Waals surface area contributed by atoms with E-state index in [0.717, 1.165) is 26.2 Å². The molecule has 0 atom stereocenters. The first kappa shape index (κ1) is 14.3. The first-order chi connectivity index (χ1) is 8.55. The van der Waals surface area contributed by atoms with Gasteiger partial charge in [0.2, 0.25) is 0 Å². The van der Waals surface area contributed by atoms with Gasteiger partial charge >= 0.3 is 0 Å². The van der Waals surface area contributed by atoms with Gasteiger partial charge in [-0.15, -0.1) is 0 Å². The van der Waals surface area contributed by atoms with E-state index in [1.165, 1.54) is 38.6 Å². The van der Waals surface area contributed by atoms with Crippen molar-refractivity contribution in [3.8, 4) is 0 Å². The highest BCUT2D eigenvalue weighted by atomic mass is 16.5. The van der Waals surface area contributed by atoms with E-state index in [2.05, 4.69) is 31.0 Å². The van der Waals surface area contributed by atoms with Gasteiger partial charge < -0.3 is 10.1 Å². The molecule has 1 N–H and O–H groups in total. The molecule has 0 aromatic carbocycles. The van der Waals surface area contributed by atoms with Crippen LogP contribution in [-0.4, -0.2) is 48.8 Å². The molecule has 0 aromatic rings. The predicted molar refractivity (Wildman–Crippen MR) is 76.0 cm³/mol. The molecule has 18 heavy (non-hydrogen) atoms. The zero-order valence-electron chi connectivity index (χ0n) is 12.4. The monoisotopic (exact) mass is 254 g/mol. The number of nitrogens with one attached hydrogen (secondary N) is 1. The van der Waals surface area contributed by atoms with Crippen molar-refractivity contribution in [2.24, 2.45) is 0 Å². The highest BCUT2D eigenvalue weighted by Gasteiger charge is 2.37. The summed E-state index contributed by atoms with van der Waals surface area (Å²) in [6.45, 7) is 11.9. The van der Waals surface area contributed by atoms with Crippen molar-refractivity contribution in [2.45, 2.75) is 64.0 Å². The van der Waals surface area contributed by atoms with Crippen LogP contribution in [-0.2, 0) is 4.74 Å². The Kier molecular flexibility index (Phi) is 4.68. The average molecular weight is 254 g/mol. The fourth-order valence-electron chi connectivity index (χ4n) is 3.72. The van der Waals surface area contributed by atoms with Crippen molar-refractivity contribution in [1.29, 1.82) is 0 Å². The van der Waals surface area contributed by atoms with Gasteiger partial charge in [-0.3, -0.25) is 4.90 Å². The topological polar surface area (TPSA) is 24.5 Å². The Morgan fingerprint density at radius 1 is 1.22 bits per heavy atom. The van der Waals surface area contributed by atoms with Crippen LogP contribution in [0.1, 0.15) is 52.9 Å². The molecule has 2 rings (SSSR count). The number of piperazine rings is 1. The SMILES string of the molecule is CCOC(C)(C)CN1CCNC2(CCCCC2)C1. The first-order valence-electron chi connectivity index (χ1n) is 7.67. The largest absolute Gasteiger partial charge is 0.375 e. The minimum atomic E-state index is -0.0120. The molecule has 106 valence electrons. The van der Waals surface area contributed by atoms with E-state index in [9.17, 15) is 0 Å². The summed E-state index contributed by atoms with van der Waals surface area (Å²) in [6.07, 6.45) is 6.94. The lowest BCUT2D eigenvalue weighted by molar-refractivity contribution is -0.0457. The summed E-state index contributed by atoms with van der Waals surface area (Å²) >= 11 is 0. The maximum Gasteiger partial charge on any atom is 0.0752 e. The van der Waals surface area contributed by atoms with Gasteiger partial charge in [-0.25, -0.2) is 0 Å². The second-order valence-corrected chi connectivity index (χ2v) is 6.67. The maximum absolute atomic E-state index is 5.85. The summed E-state index contributed by atoms with van der Waals surface area (Å²) in [5, 5.41) is 3.80. The van der Waals surface area contributed by atoms with E-state index in [0.29, 0.717) is 5.54 Å². The molecule has 3 heteroatoms. The minimum absolute atomic E-state index is 0.0120. The molecular weight excluding hydrogens is 224 g/mol. The Hall–Kier alpha value is -0.120. The lowest BCUT2D eigenvalue weighted by Gasteiger charge is -2.47. The second-order valence-electron chi connectivity index (χ2n) is 6.67. The Balaban J connectivity index is 1.90. The van der Waals surface area contributed by atoms with Crippen LogP contribution in [0.2, 0.25) is 0 Å². The van der Waals surface area contributed by atoms with Gasteiger partial charge in [0.1, 0.15) is 0 Å². The van der Waals surface area contributed by atoms with Crippen LogP contribution < -0.4 is 5.32 Å². The lowest BCUT2D eigenvalue weighted by atomic mass is 9.80. The quantitative estimate of drug-likeness (QED) is 0.834. The molecule has 1 saturated carbocycles.